The largest absolute Gasteiger partial charge is 0.478 e. The number of hydrogen-bond donors (Lipinski definition) is 5. The predicted octanol–water partition coefficient (Wildman–Crippen LogP) is -1.82. The Morgan fingerprint density at radius 3 is 2.70 bits per heavy atom. The molecule has 2 aliphatic heterocycles. The van der Waals surface area contributed by atoms with Crippen LogP contribution in [-0.2, 0) is 30.6 Å². The number of carbonyl (C=O) groups is 4. The molecular formula is C19H23N11O7S3. The molecule has 1 unspecified atom stereocenters. The number of nitrogens with one attached hydrogen (secondary N) is 1. The fourth-order valence-corrected chi connectivity index (χ4v) is 6.26. The van der Waals surface area contributed by atoms with E-state index in [-0.39, 0.29) is 28.2 Å². The third kappa shape index (κ3) is 5.85. The smallest absolute Gasteiger partial charge is 0.352 e. The lowest BCUT2D eigenvalue weighted by atomic mass is 10.0. The summed E-state index contributed by atoms with van der Waals surface area (Å²) < 4.78 is 5.41. The molecule has 4 rings (SSSR count). The van der Waals surface area contributed by atoms with Crippen LogP contribution in [0.1, 0.15) is 19.7 Å². The molecule has 214 valence electrons. The number of carboxylic acid groups (broad SMARTS) is 2. The third-order valence-corrected chi connectivity index (χ3v) is 8.43. The van der Waals surface area contributed by atoms with Crippen LogP contribution in [0, 0.1) is 0 Å². The lowest BCUT2D eigenvalue weighted by molar-refractivity contribution is -0.161. The average Bonchev–Trinajstić information content (AvgIpc) is 3.54. The molecule has 4 heterocycles. The zero-order valence-corrected chi connectivity index (χ0v) is 23.3. The van der Waals surface area contributed by atoms with Crippen molar-refractivity contribution in [2.45, 2.75) is 42.6 Å². The second-order valence-electron chi connectivity index (χ2n) is 8.68. The van der Waals surface area contributed by atoms with Crippen molar-refractivity contribution >= 4 is 69.7 Å². The van der Waals surface area contributed by atoms with Gasteiger partial charge in [0.05, 0.1) is 6.54 Å². The van der Waals surface area contributed by atoms with Crippen molar-refractivity contribution in [3.63, 3.8) is 0 Å². The van der Waals surface area contributed by atoms with Crippen LogP contribution >= 0.6 is 35.1 Å². The fourth-order valence-electron chi connectivity index (χ4n) is 3.43. The van der Waals surface area contributed by atoms with Crippen molar-refractivity contribution in [1.82, 2.24) is 39.8 Å². The Hall–Kier alpha value is -3.82. The Morgan fingerprint density at radius 2 is 2.08 bits per heavy atom. The maximum Gasteiger partial charge on any atom is 0.352 e. The van der Waals surface area contributed by atoms with E-state index in [0.717, 1.165) is 16.4 Å². The zero-order chi connectivity index (χ0) is 29.2. The van der Waals surface area contributed by atoms with Gasteiger partial charge in [0.15, 0.2) is 5.13 Å². The molecule has 21 heteroatoms. The highest BCUT2D eigenvalue weighted by Gasteiger charge is 2.54. The molecule has 1 fully saturated rings. The number of hydrogen-bond acceptors (Lipinski definition) is 16. The first-order chi connectivity index (χ1) is 18.9. The zero-order valence-electron chi connectivity index (χ0n) is 20.9. The molecule has 2 aromatic heterocycles. The van der Waals surface area contributed by atoms with Gasteiger partial charge in [-0.25, -0.2) is 14.3 Å². The monoisotopic (exact) mass is 613 g/mol. The molecular weight excluding hydrogens is 590 g/mol. The van der Waals surface area contributed by atoms with Crippen LogP contribution in [0.15, 0.2) is 21.6 Å². The number of nitrogens with two attached hydrogens (primary N) is 2. The van der Waals surface area contributed by atoms with Crippen molar-refractivity contribution in [1.29, 1.82) is 0 Å². The SMILES string of the molecule is CC(C)(ON=C(C(=O)NC1C(=O)N2C(C(=O)O)=C(CSc3nnnn3CCN)CS[C@@H]12)c1nsc(N)n1)C(=O)O. The number of oxime groups is 1. The van der Waals surface area contributed by atoms with Crippen LogP contribution in [0.5, 0.6) is 0 Å². The summed E-state index contributed by atoms with van der Waals surface area (Å²) in [7, 11) is 0. The minimum Gasteiger partial charge on any atom is -0.478 e. The van der Waals surface area contributed by atoms with E-state index in [9.17, 15) is 29.4 Å². The van der Waals surface area contributed by atoms with Crippen molar-refractivity contribution in [2.75, 3.05) is 23.8 Å². The van der Waals surface area contributed by atoms with Crippen molar-refractivity contribution in [2.24, 2.45) is 10.9 Å². The van der Waals surface area contributed by atoms with Gasteiger partial charge in [0.1, 0.15) is 17.1 Å². The topological polar surface area (TPSA) is 267 Å². The van der Waals surface area contributed by atoms with E-state index in [1.54, 1.807) is 0 Å². The van der Waals surface area contributed by atoms with E-state index in [0.29, 0.717) is 23.8 Å². The standard InChI is InChI=1S/C19H23N11O7S3/c1-19(2,16(35)36)37-25-8(11-23-17(21)40-26-11)12(31)22-9-13(32)30-10(15(33)34)7(5-38-14(9)30)6-39-18-24-27-28-29(18)4-3-20/h9,14H,3-6,20H2,1-2H3,(H,22,31)(H,33,34)(H,35,36)(H2,21,23,26)/t9?,14-/m0/s1. The summed E-state index contributed by atoms with van der Waals surface area (Å²) in [5.41, 5.74) is 9.16. The Balaban J connectivity index is 1.51. The quantitative estimate of drug-likeness (QED) is 0.0763. The van der Waals surface area contributed by atoms with E-state index >= 15 is 0 Å². The second-order valence-corrected chi connectivity index (χ2v) is 11.5. The van der Waals surface area contributed by atoms with Gasteiger partial charge in [0.25, 0.3) is 11.8 Å². The van der Waals surface area contributed by atoms with Crippen molar-refractivity contribution < 1.29 is 34.2 Å². The molecule has 0 bridgehead atoms. The number of aliphatic carboxylic acids is 2. The van der Waals surface area contributed by atoms with Crippen LogP contribution in [0.2, 0.25) is 0 Å². The van der Waals surface area contributed by atoms with Gasteiger partial charge >= 0.3 is 11.9 Å². The van der Waals surface area contributed by atoms with Crippen LogP contribution in [0.3, 0.4) is 0 Å². The second kappa shape index (κ2) is 11.7. The molecule has 1 saturated heterocycles. The van der Waals surface area contributed by atoms with Gasteiger partial charge in [-0.1, -0.05) is 16.9 Å². The highest BCUT2D eigenvalue weighted by Crippen LogP contribution is 2.41. The summed E-state index contributed by atoms with van der Waals surface area (Å²) in [5.74, 6) is -4.01. The van der Waals surface area contributed by atoms with Crippen LogP contribution in [0.4, 0.5) is 5.13 Å². The number of fused-ring (bicyclic) bond motifs is 1. The number of rotatable bonds is 12. The number of β-lactam (4-membered cyclic amide) rings is 1. The lowest BCUT2D eigenvalue weighted by Crippen LogP contribution is -2.71. The molecule has 40 heavy (non-hydrogen) atoms. The molecule has 18 nitrogen and oxygen atoms in total. The number of amides is 2. The number of carbonyl (C=O) groups excluding carboxylic acids is 2. The minimum absolute atomic E-state index is 0.0143. The highest BCUT2D eigenvalue weighted by atomic mass is 32.2. The number of aromatic nitrogens is 6. The summed E-state index contributed by atoms with van der Waals surface area (Å²) in [4.78, 5) is 59.8. The molecule has 0 aromatic carbocycles. The molecule has 2 aliphatic rings. The number of anilines is 1. The number of carboxylic acids is 2. The first-order valence-corrected chi connectivity index (χ1v) is 14.1. The lowest BCUT2D eigenvalue weighted by Gasteiger charge is -2.49. The number of nitrogens with zero attached hydrogens (tertiary/aromatic N) is 8. The molecule has 0 radical (unpaired) electrons. The first-order valence-electron chi connectivity index (χ1n) is 11.3. The van der Waals surface area contributed by atoms with Crippen molar-refractivity contribution in [3.05, 3.63) is 17.1 Å². The van der Waals surface area contributed by atoms with Crippen LogP contribution < -0.4 is 16.8 Å². The molecule has 2 aromatic rings. The Bertz CT molecular complexity index is 1410. The molecule has 2 amide bonds. The van der Waals surface area contributed by atoms with Crippen LogP contribution in [0.25, 0.3) is 0 Å². The van der Waals surface area contributed by atoms with E-state index in [1.165, 1.54) is 42.1 Å². The normalized spacial score (nSPS) is 19.2. The van der Waals surface area contributed by atoms with Gasteiger partial charge in [-0.15, -0.1) is 16.9 Å². The van der Waals surface area contributed by atoms with E-state index in [2.05, 4.69) is 35.4 Å². The number of thioether (sulfide) groups is 2. The summed E-state index contributed by atoms with van der Waals surface area (Å²) >= 11 is 3.24. The molecule has 7 N–H and O–H groups in total. The molecule has 0 aliphatic carbocycles. The maximum absolute atomic E-state index is 13.1. The van der Waals surface area contributed by atoms with Gasteiger partial charge in [-0.2, -0.15) is 9.36 Å². The van der Waals surface area contributed by atoms with E-state index in [1.807, 2.05) is 0 Å². The number of nitrogen functional groups attached to an aromatic ring is 1. The fraction of sp³-hybridized carbons (Fsp3) is 0.474. The maximum atomic E-state index is 13.1. The van der Waals surface area contributed by atoms with Gasteiger partial charge in [0, 0.05) is 29.6 Å². The molecule has 0 spiro atoms. The van der Waals surface area contributed by atoms with E-state index < -0.39 is 46.5 Å². The third-order valence-electron chi connectivity index (χ3n) is 5.50. The Kier molecular flexibility index (Phi) is 8.56. The van der Waals surface area contributed by atoms with Crippen LogP contribution in [-0.4, -0.2) is 109 Å². The van der Waals surface area contributed by atoms with Gasteiger partial charge in [-0.05, 0) is 29.8 Å². The van der Waals surface area contributed by atoms with Crippen molar-refractivity contribution in [3.8, 4) is 0 Å². The predicted molar refractivity (Wildman–Crippen MR) is 141 cm³/mol. The summed E-state index contributed by atoms with van der Waals surface area (Å²) in [6.07, 6.45) is 0. The first kappa shape index (κ1) is 29.2. The molecule has 0 saturated carbocycles. The van der Waals surface area contributed by atoms with Gasteiger partial charge in [0.2, 0.25) is 22.3 Å². The Morgan fingerprint density at radius 1 is 1.32 bits per heavy atom. The average molecular weight is 614 g/mol. The Labute approximate surface area is 237 Å². The van der Waals surface area contributed by atoms with Gasteiger partial charge < -0.3 is 31.8 Å². The minimum atomic E-state index is -1.79. The summed E-state index contributed by atoms with van der Waals surface area (Å²) in [6.45, 7) is 3.14. The summed E-state index contributed by atoms with van der Waals surface area (Å²) in [5, 5.41) is 36.4. The highest BCUT2D eigenvalue weighted by molar-refractivity contribution is 8.01. The molecule has 2 atom stereocenters. The van der Waals surface area contributed by atoms with E-state index in [4.69, 9.17) is 16.3 Å². The number of tetrazole rings is 1. The van der Waals surface area contributed by atoms with Gasteiger partial charge in [-0.3, -0.25) is 14.5 Å². The summed E-state index contributed by atoms with van der Waals surface area (Å²) in [6, 6.07) is -1.11.